The van der Waals surface area contributed by atoms with Crippen LogP contribution in [-0.2, 0) is 11.3 Å². The van der Waals surface area contributed by atoms with Crippen LogP contribution in [0.4, 0.5) is 5.00 Å². The average Bonchev–Trinajstić information content (AvgIpc) is 3.05. The molecule has 0 unspecified atom stereocenters. The van der Waals surface area contributed by atoms with E-state index in [9.17, 15) is 4.79 Å². The van der Waals surface area contributed by atoms with Gasteiger partial charge >= 0.3 is 5.97 Å². The smallest absolute Gasteiger partial charge is 0.343 e. The molecule has 2 aromatic rings. The van der Waals surface area contributed by atoms with Crippen molar-refractivity contribution >= 4 is 22.5 Å². The highest BCUT2D eigenvalue weighted by molar-refractivity contribution is 7.10. The van der Waals surface area contributed by atoms with Crippen LogP contribution in [-0.4, -0.2) is 38.5 Å². The first kappa shape index (κ1) is 14.4. The predicted molar refractivity (Wildman–Crippen MR) is 75.9 cm³/mol. The Labute approximate surface area is 121 Å². The lowest BCUT2D eigenvalue weighted by atomic mass is 10.2. The number of esters is 1. The minimum Gasteiger partial charge on any atom is -0.462 e. The molecule has 0 aromatic carbocycles. The van der Waals surface area contributed by atoms with Crippen LogP contribution >= 0.6 is 11.5 Å². The predicted octanol–water partition coefficient (Wildman–Crippen LogP) is 1.72. The van der Waals surface area contributed by atoms with Gasteiger partial charge in [0.15, 0.2) is 0 Å². The Hall–Kier alpha value is -1.96. The van der Waals surface area contributed by atoms with Crippen LogP contribution in [0.25, 0.3) is 0 Å². The van der Waals surface area contributed by atoms with Crippen LogP contribution in [0.15, 0.2) is 12.4 Å². The van der Waals surface area contributed by atoms with E-state index < -0.39 is 0 Å². The zero-order valence-electron chi connectivity index (χ0n) is 11.5. The van der Waals surface area contributed by atoms with E-state index in [1.807, 2.05) is 13.1 Å². The molecule has 8 heteroatoms. The Morgan fingerprint density at radius 2 is 2.40 bits per heavy atom. The Morgan fingerprint density at radius 3 is 3.10 bits per heavy atom. The van der Waals surface area contributed by atoms with Crippen LogP contribution in [0.2, 0.25) is 0 Å². The molecule has 0 spiro atoms. The van der Waals surface area contributed by atoms with Gasteiger partial charge in [0.05, 0.1) is 18.5 Å². The van der Waals surface area contributed by atoms with Crippen molar-refractivity contribution < 1.29 is 9.53 Å². The van der Waals surface area contributed by atoms with Crippen molar-refractivity contribution in [2.45, 2.75) is 26.8 Å². The first-order chi connectivity index (χ1) is 9.72. The summed E-state index contributed by atoms with van der Waals surface area (Å²) in [5.74, 6) is -0.322. The summed E-state index contributed by atoms with van der Waals surface area (Å²) >= 11 is 1.28. The number of anilines is 1. The van der Waals surface area contributed by atoms with Crippen LogP contribution in [0.3, 0.4) is 0 Å². The molecule has 0 atom stereocenters. The minimum atomic E-state index is -0.322. The lowest BCUT2D eigenvalue weighted by molar-refractivity contribution is 0.0527. The van der Waals surface area contributed by atoms with Gasteiger partial charge in [-0.2, -0.15) is 4.37 Å². The van der Waals surface area contributed by atoms with Crippen LogP contribution in [0.1, 0.15) is 29.4 Å². The fourth-order valence-corrected chi connectivity index (χ4v) is 2.54. The maximum Gasteiger partial charge on any atom is 0.343 e. The van der Waals surface area contributed by atoms with E-state index in [-0.39, 0.29) is 5.97 Å². The number of carbonyl (C=O) groups excluding carboxylic acids is 1. The molecular weight excluding hydrogens is 278 g/mol. The maximum atomic E-state index is 11.8. The van der Waals surface area contributed by atoms with Crippen molar-refractivity contribution in [3.63, 3.8) is 0 Å². The average molecular weight is 295 g/mol. The summed E-state index contributed by atoms with van der Waals surface area (Å²) in [5.41, 5.74) is 1.24. The lowest BCUT2D eigenvalue weighted by Crippen LogP contribution is -2.11. The van der Waals surface area contributed by atoms with Crippen molar-refractivity contribution in [1.29, 1.82) is 0 Å². The van der Waals surface area contributed by atoms with Crippen LogP contribution < -0.4 is 5.32 Å². The topological polar surface area (TPSA) is 81.9 Å². The summed E-state index contributed by atoms with van der Waals surface area (Å²) in [4.78, 5) is 11.8. The second-order valence-electron chi connectivity index (χ2n) is 4.14. The number of aryl methyl sites for hydroxylation is 2. The Bertz CT molecular complexity index is 552. The molecule has 2 heterocycles. The molecule has 0 saturated heterocycles. The second kappa shape index (κ2) is 6.99. The number of nitrogens with one attached hydrogen (secondary N) is 1. The van der Waals surface area contributed by atoms with Crippen LogP contribution in [0, 0.1) is 6.92 Å². The molecule has 0 aliphatic rings. The number of carbonyl (C=O) groups is 1. The van der Waals surface area contributed by atoms with Gasteiger partial charge in [-0.25, -0.2) is 4.79 Å². The fraction of sp³-hybridized carbons (Fsp3) is 0.500. The largest absolute Gasteiger partial charge is 0.462 e. The fourth-order valence-electron chi connectivity index (χ4n) is 1.73. The molecule has 2 aromatic heterocycles. The molecule has 108 valence electrons. The number of hydrogen-bond donors (Lipinski definition) is 1. The highest BCUT2D eigenvalue weighted by Crippen LogP contribution is 2.25. The third kappa shape index (κ3) is 3.53. The van der Waals surface area contributed by atoms with Crippen molar-refractivity contribution in [3.8, 4) is 0 Å². The summed E-state index contributed by atoms with van der Waals surface area (Å²) in [6.45, 7) is 5.47. The number of ether oxygens (including phenoxy) is 1. The van der Waals surface area contributed by atoms with Crippen molar-refractivity contribution in [2.75, 3.05) is 18.5 Å². The molecule has 1 N–H and O–H groups in total. The van der Waals surface area contributed by atoms with Gasteiger partial charge in [-0.15, -0.1) is 5.10 Å². The highest BCUT2D eigenvalue weighted by atomic mass is 32.1. The van der Waals surface area contributed by atoms with E-state index in [0.717, 1.165) is 24.5 Å². The maximum absolute atomic E-state index is 11.8. The van der Waals surface area contributed by atoms with E-state index in [1.54, 1.807) is 17.8 Å². The summed E-state index contributed by atoms with van der Waals surface area (Å²) in [5, 5.41) is 11.6. The third-order valence-corrected chi connectivity index (χ3v) is 3.56. The van der Waals surface area contributed by atoms with Crippen molar-refractivity contribution in [3.05, 3.63) is 23.7 Å². The third-order valence-electron chi connectivity index (χ3n) is 2.66. The summed E-state index contributed by atoms with van der Waals surface area (Å²) in [7, 11) is 0. The van der Waals surface area contributed by atoms with Gasteiger partial charge in [0.25, 0.3) is 0 Å². The van der Waals surface area contributed by atoms with E-state index in [2.05, 4.69) is 20.0 Å². The monoisotopic (exact) mass is 295 g/mol. The Kier molecular flexibility index (Phi) is 5.05. The molecule has 2 rings (SSSR count). The van der Waals surface area contributed by atoms with Gasteiger partial charge in [-0.1, -0.05) is 5.21 Å². The van der Waals surface area contributed by atoms with Crippen molar-refractivity contribution in [1.82, 2.24) is 19.4 Å². The summed E-state index contributed by atoms with van der Waals surface area (Å²) < 4.78 is 11.0. The number of aromatic nitrogens is 4. The SMILES string of the molecule is CCOC(=O)c1c(C)nsc1NCCCn1ccnn1. The molecule has 0 aliphatic heterocycles. The Balaban J connectivity index is 1.88. The number of nitrogens with zero attached hydrogens (tertiary/aromatic N) is 4. The minimum absolute atomic E-state index is 0.322. The molecule has 0 fully saturated rings. The molecule has 0 bridgehead atoms. The molecular formula is C12H17N5O2S. The first-order valence-electron chi connectivity index (χ1n) is 6.43. The number of hydrogen-bond acceptors (Lipinski definition) is 7. The van der Waals surface area contributed by atoms with E-state index in [0.29, 0.717) is 17.9 Å². The zero-order valence-corrected chi connectivity index (χ0v) is 12.3. The summed E-state index contributed by atoms with van der Waals surface area (Å²) in [6, 6.07) is 0. The molecule has 0 saturated carbocycles. The van der Waals surface area contributed by atoms with Gasteiger partial charge in [0.1, 0.15) is 10.6 Å². The zero-order chi connectivity index (χ0) is 14.4. The molecule has 20 heavy (non-hydrogen) atoms. The van der Waals surface area contributed by atoms with Crippen molar-refractivity contribution in [2.24, 2.45) is 0 Å². The lowest BCUT2D eigenvalue weighted by Gasteiger charge is -2.06. The summed E-state index contributed by atoms with van der Waals surface area (Å²) in [6.07, 6.45) is 4.35. The van der Waals surface area contributed by atoms with Gasteiger partial charge in [-0.05, 0) is 31.8 Å². The normalized spacial score (nSPS) is 10.5. The van der Waals surface area contributed by atoms with E-state index in [4.69, 9.17) is 4.74 Å². The first-order valence-corrected chi connectivity index (χ1v) is 7.21. The molecule has 0 amide bonds. The van der Waals surface area contributed by atoms with Gasteiger partial charge < -0.3 is 10.1 Å². The molecule has 7 nitrogen and oxygen atoms in total. The van der Waals surface area contributed by atoms with Gasteiger partial charge in [-0.3, -0.25) is 4.68 Å². The molecule has 0 radical (unpaired) electrons. The second-order valence-corrected chi connectivity index (χ2v) is 4.91. The van der Waals surface area contributed by atoms with E-state index in [1.165, 1.54) is 11.5 Å². The quantitative estimate of drug-likeness (QED) is 0.618. The van der Waals surface area contributed by atoms with E-state index >= 15 is 0 Å². The number of rotatable bonds is 7. The Morgan fingerprint density at radius 1 is 1.55 bits per heavy atom. The standard InChI is InChI=1S/C12H17N5O2S/c1-3-19-12(18)10-9(2)15-20-11(10)13-5-4-7-17-8-6-14-16-17/h6,8,13H,3-5,7H2,1-2H3. The highest BCUT2D eigenvalue weighted by Gasteiger charge is 2.19. The van der Waals surface area contributed by atoms with Crippen LogP contribution in [0.5, 0.6) is 0 Å². The molecule has 0 aliphatic carbocycles. The van der Waals surface area contributed by atoms with Gasteiger partial charge in [0.2, 0.25) is 0 Å². The van der Waals surface area contributed by atoms with Gasteiger partial charge in [0, 0.05) is 19.3 Å².